The van der Waals surface area contributed by atoms with Crippen LogP contribution in [0.25, 0.3) is 0 Å². The molecule has 0 saturated heterocycles. The molecule has 0 aromatic heterocycles. The topological polar surface area (TPSA) is 0 Å². The summed E-state index contributed by atoms with van der Waals surface area (Å²) >= 11 is 4.20. The molecule has 0 aliphatic carbocycles. The molecular weight excluding hydrogens is 128 g/mol. The monoisotopic (exact) mass is 145 g/mol. The van der Waals surface area contributed by atoms with Crippen LogP contribution in [0.1, 0.15) is 27.7 Å². The predicted molar refractivity (Wildman–Crippen MR) is 46.8 cm³/mol. The van der Waals surface area contributed by atoms with Gasteiger partial charge in [0.25, 0.3) is 0 Å². The van der Waals surface area contributed by atoms with Crippen LogP contribution in [-0.2, 0) is 0 Å². The summed E-state index contributed by atoms with van der Waals surface area (Å²) in [5, 5.41) is 0. The molecule has 0 aliphatic heterocycles. The number of hydrogen-bond donors (Lipinski definition) is 1. The number of rotatable bonds is 2. The van der Waals surface area contributed by atoms with Crippen LogP contribution < -0.4 is 0 Å². The van der Waals surface area contributed by atoms with E-state index in [1.165, 1.54) is 0 Å². The summed E-state index contributed by atoms with van der Waals surface area (Å²) in [7, 11) is 0. The van der Waals surface area contributed by atoms with Crippen molar-refractivity contribution in [2.24, 2.45) is 11.3 Å². The lowest BCUT2D eigenvalue weighted by Gasteiger charge is -2.21. The van der Waals surface area contributed by atoms with Crippen molar-refractivity contribution in [1.29, 1.82) is 0 Å². The molecule has 0 spiro atoms. The first-order valence-electron chi connectivity index (χ1n) is 3.42. The van der Waals surface area contributed by atoms with Gasteiger partial charge in [0.2, 0.25) is 0 Å². The van der Waals surface area contributed by atoms with Crippen molar-refractivity contribution >= 4 is 12.6 Å². The summed E-state index contributed by atoms with van der Waals surface area (Å²) in [5.74, 6) is 1.59. The summed E-state index contributed by atoms with van der Waals surface area (Å²) < 4.78 is 0. The summed E-state index contributed by atoms with van der Waals surface area (Å²) in [5.41, 5.74) is 0.349. The summed E-state index contributed by atoms with van der Waals surface area (Å²) in [4.78, 5) is 0. The van der Waals surface area contributed by atoms with Gasteiger partial charge >= 0.3 is 0 Å². The van der Waals surface area contributed by atoms with E-state index in [1.54, 1.807) is 0 Å². The molecule has 0 rings (SSSR count). The van der Waals surface area contributed by atoms with Crippen LogP contribution in [0.4, 0.5) is 0 Å². The average molecular weight is 145 g/mol. The molecule has 1 heteroatoms. The van der Waals surface area contributed by atoms with Crippen molar-refractivity contribution < 1.29 is 0 Å². The Bertz CT molecular complexity index is 71.1. The Morgan fingerprint density at radius 3 is 2.00 bits per heavy atom. The van der Waals surface area contributed by atoms with Crippen LogP contribution in [0, 0.1) is 17.8 Å². The second-order valence-electron chi connectivity index (χ2n) is 3.69. The molecule has 0 N–H and O–H groups in total. The van der Waals surface area contributed by atoms with Crippen LogP contribution in [-0.4, -0.2) is 5.75 Å². The molecule has 0 heterocycles. The molecule has 0 aromatic rings. The second-order valence-corrected chi connectivity index (χ2v) is 4.06. The van der Waals surface area contributed by atoms with Crippen molar-refractivity contribution in [2.75, 3.05) is 5.75 Å². The molecule has 1 unspecified atom stereocenters. The van der Waals surface area contributed by atoms with Gasteiger partial charge in [-0.2, -0.15) is 12.6 Å². The normalized spacial score (nSPS) is 15.7. The zero-order chi connectivity index (χ0) is 7.49. The first-order chi connectivity index (χ1) is 3.95. The van der Waals surface area contributed by atoms with E-state index >= 15 is 0 Å². The lowest BCUT2D eigenvalue weighted by molar-refractivity contribution is 0.441. The maximum absolute atomic E-state index is 4.20. The quantitative estimate of drug-likeness (QED) is 0.568. The Hall–Kier alpha value is 0.350. The molecule has 0 aromatic carbocycles. The van der Waals surface area contributed by atoms with Crippen molar-refractivity contribution in [1.82, 2.24) is 0 Å². The Morgan fingerprint density at radius 2 is 1.89 bits per heavy atom. The number of hydrogen-bond acceptors (Lipinski definition) is 1. The SMILES string of the molecule is CC([CH]C(C)(C)C)CS. The molecule has 1 atom stereocenters. The molecule has 0 nitrogen and oxygen atoms in total. The standard InChI is InChI=1S/C8H17S/c1-7(6-9)5-8(2,3)4/h5,7,9H,6H2,1-4H3. The maximum Gasteiger partial charge on any atom is -0.00692 e. The van der Waals surface area contributed by atoms with Gasteiger partial charge in [0.05, 0.1) is 0 Å². The minimum Gasteiger partial charge on any atom is -0.179 e. The molecular formula is C8H17S. The molecule has 0 saturated carbocycles. The van der Waals surface area contributed by atoms with Crippen LogP contribution in [0.3, 0.4) is 0 Å². The molecule has 0 bridgehead atoms. The van der Waals surface area contributed by atoms with Crippen LogP contribution in [0.15, 0.2) is 0 Å². The highest BCUT2D eigenvalue weighted by molar-refractivity contribution is 7.80. The van der Waals surface area contributed by atoms with E-state index < -0.39 is 0 Å². The highest BCUT2D eigenvalue weighted by Gasteiger charge is 2.13. The van der Waals surface area contributed by atoms with E-state index in [0.717, 1.165) is 5.75 Å². The van der Waals surface area contributed by atoms with E-state index in [2.05, 4.69) is 46.7 Å². The lowest BCUT2D eigenvalue weighted by atomic mass is 9.86. The Kier molecular flexibility index (Phi) is 3.64. The van der Waals surface area contributed by atoms with E-state index in [9.17, 15) is 0 Å². The molecule has 55 valence electrons. The van der Waals surface area contributed by atoms with Gasteiger partial charge in [0, 0.05) is 0 Å². The van der Waals surface area contributed by atoms with E-state index in [0.29, 0.717) is 11.3 Å². The average Bonchev–Trinajstić information content (AvgIpc) is 1.62. The first-order valence-corrected chi connectivity index (χ1v) is 4.06. The van der Waals surface area contributed by atoms with Gasteiger partial charge in [-0.15, -0.1) is 0 Å². The molecule has 1 radical (unpaired) electrons. The second kappa shape index (κ2) is 3.50. The third-order valence-electron chi connectivity index (χ3n) is 1.07. The van der Waals surface area contributed by atoms with Gasteiger partial charge in [-0.05, 0) is 23.5 Å². The molecule has 9 heavy (non-hydrogen) atoms. The van der Waals surface area contributed by atoms with Crippen LogP contribution in [0.5, 0.6) is 0 Å². The van der Waals surface area contributed by atoms with E-state index in [-0.39, 0.29) is 0 Å². The first kappa shape index (κ1) is 9.35. The minimum atomic E-state index is 0.349. The smallest absolute Gasteiger partial charge is 0.00692 e. The summed E-state index contributed by atoms with van der Waals surface area (Å²) in [6.45, 7) is 8.84. The van der Waals surface area contributed by atoms with Gasteiger partial charge in [0.15, 0.2) is 0 Å². The Balaban J connectivity index is 3.47. The summed E-state index contributed by atoms with van der Waals surface area (Å²) in [6.07, 6.45) is 2.33. The third kappa shape index (κ3) is 6.23. The van der Waals surface area contributed by atoms with Gasteiger partial charge < -0.3 is 0 Å². The van der Waals surface area contributed by atoms with E-state index in [1.807, 2.05) is 0 Å². The Morgan fingerprint density at radius 1 is 1.44 bits per heavy atom. The summed E-state index contributed by atoms with van der Waals surface area (Å²) in [6, 6.07) is 0. The highest BCUT2D eigenvalue weighted by atomic mass is 32.1. The fraction of sp³-hybridized carbons (Fsp3) is 0.875. The van der Waals surface area contributed by atoms with Crippen molar-refractivity contribution in [3.8, 4) is 0 Å². The minimum absolute atomic E-state index is 0.349. The van der Waals surface area contributed by atoms with Crippen molar-refractivity contribution in [2.45, 2.75) is 27.7 Å². The van der Waals surface area contributed by atoms with Crippen LogP contribution >= 0.6 is 12.6 Å². The van der Waals surface area contributed by atoms with Crippen molar-refractivity contribution in [3.05, 3.63) is 6.42 Å². The zero-order valence-electron chi connectivity index (χ0n) is 6.81. The van der Waals surface area contributed by atoms with Gasteiger partial charge in [0.1, 0.15) is 0 Å². The van der Waals surface area contributed by atoms with Gasteiger partial charge in [-0.3, -0.25) is 0 Å². The maximum atomic E-state index is 4.20. The van der Waals surface area contributed by atoms with Gasteiger partial charge in [-0.1, -0.05) is 27.7 Å². The molecule has 0 fully saturated rings. The fourth-order valence-corrected chi connectivity index (χ4v) is 1.01. The number of thiol groups is 1. The largest absolute Gasteiger partial charge is 0.179 e. The molecule has 0 aliphatic rings. The highest BCUT2D eigenvalue weighted by Crippen LogP contribution is 2.22. The van der Waals surface area contributed by atoms with Gasteiger partial charge in [-0.25, -0.2) is 0 Å². The van der Waals surface area contributed by atoms with Crippen molar-refractivity contribution in [3.63, 3.8) is 0 Å². The van der Waals surface area contributed by atoms with E-state index in [4.69, 9.17) is 0 Å². The molecule has 0 amide bonds. The van der Waals surface area contributed by atoms with Crippen LogP contribution in [0.2, 0.25) is 0 Å². The third-order valence-corrected chi connectivity index (χ3v) is 1.65. The lowest BCUT2D eigenvalue weighted by Crippen LogP contribution is -2.12. The Labute approximate surface area is 64.4 Å². The fourth-order valence-electron chi connectivity index (χ4n) is 0.906. The zero-order valence-corrected chi connectivity index (χ0v) is 7.70. The predicted octanol–water partition coefficient (Wildman–Crippen LogP) is 2.80.